The van der Waals surface area contributed by atoms with Crippen LogP contribution in [0, 0.1) is 0 Å². The molecule has 6 nitrogen and oxygen atoms in total. The molecule has 1 aromatic carbocycles. The number of hydrogen-bond acceptors (Lipinski definition) is 4. The van der Waals surface area contributed by atoms with Crippen molar-refractivity contribution in [2.45, 2.75) is 52.6 Å². The highest BCUT2D eigenvalue weighted by molar-refractivity contribution is 6.04. The van der Waals surface area contributed by atoms with Gasteiger partial charge in [0.2, 0.25) is 5.91 Å². The van der Waals surface area contributed by atoms with E-state index in [1.54, 1.807) is 25.1 Å². The number of Topliss-reactive ketones (excluding diaryl/α,β-unsaturated/α-hetero) is 2. The molecule has 24 heavy (non-hydrogen) atoms. The first kappa shape index (κ1) is 17.8. The van der Waals surface area contributed by atoms with Crippen molar-refractivity contribution in [2.75, 3.05) is 5.32 Å². The van der Waals surface area contributed by atoms with E-state index in [1.165, 1.54) is 18.7 Å². The Hall–Kier alpha value is -2.50. The lowest BCUT2D eigenvalue weighted by atomic mass is 10.0. The number of benzene rings is 1. The Balaban J connectivity index is 2.28. The smallest absolute Gasteiger partial charge is 0.255 e. The van der Waals surface area contributed by atoms with Crippen LogP contribution in [0.25, 0.3) is 0 Å². The van der Waals surface area contributed by atoms with E-state index in [4.69, 9.17) is 0 Å². The van der Waals surface area contributed by atoms with Crippen molar-refractivity contribution in [1.82, 2.24) is 4.90 Å². The van der Waals surface area contributed by atoms with Crippen molar-refractivity contribution in [3.05, 3.63) is 29.3 Å². The Morgan fingerprint density at radius 2 is 1.96 bits per heavy atom. The number of nitrogens with one attached hydrogen (secondary N) is 1. The van der Waals surface area contributed by atoms with Crippen LogP contribution in [0.2, 0.25) is 0 Å². The summed E-state index contributed by atoms with van der Waals surface area (Å²) in [4.78, 5) is 49.0. The van der Waals surface area contributed by atoms with E-state index in [-0.39, 0.29) is 36.3 Å². The number of carbonyl (C=O) groups excluding carboxylic acids is 4. The molecule has 1 aromatic rings. The van der Waals surface area contributed by atoms with Crippen LogP contribution in [-0.2, 0) is 20.9 Å². The predicted octanol–water partition coefficient (Wildman–Crippen LogP) is 2.32. The second kappa shape index (κ2) is 7.38. The van der Waals surface area contributed by atoms with E-state index in [1.807, 2.05) is 0 Å². The fraction of sp³-hybridized carbons (Fsp3) is 0.444. The minimum absolute atomic E-state index is 0.0127. The number of hydrogen-bond donors (Lipinski definition) is 1. The van der Waals surface area contributed by atoms with Crippen molar-refractivity contribution < 1.29 is 19.2 Å². The maximum absolute atomic E-state index is 12.7. The monoisotopic (exact) mass is 330 g/mol. The first-order chi connectivity index (χ1) is 11.3. The van der Waals surface area contributed by atoms with Crippen LogP contribution in [0.5, 0.6) is 0 Å². The van der Waals surface area contributed by atoms with Crippen LogP contribution >= 0.6 is 0 Å². The highest BCUT2D eigenvalue weighted by Gasteiger charge is 2.36. The highest BCUT2D eigenvalue weighted by atomic mass is 16.2. The molecule has 6 heteroatoms. The van der Waals surface area contributed by atoms with Gasteiger partial charge in [0.05, 0.1) is 6.04 Å². The molecule has 1 atom stereocenters. The summed E-state index contributed by atoms with van der Waals surface area (Å²) in [6.45, 7) is 4.91. The standard InChI is InChI=1S/C18H22N2O4/c1-4-17(23)19-15-7-5-6-13-14(15)10-20(18(13)24)16(12(3)22)9-8-11(2)21/h5-7,16H,4,8-10H2,1-3H3,(H,19,23). The van der Waals surface area contributed by atoms with Crippen molar-refractivity contribution in [2.24, 2.45) is 0 Å². The number of fused-ring (bicyclic) bond motifs is 1. The molecule has 0 fully saturated rings. The second-order valence-electron chi connectivity index (χ2n) is 6.03. The Morgan fingerprint density at radius 3 is 2.54 bits per heavy atom. The van der Waals surface area contributed by atoms with E-state index < -0.39 is 6.04 Å². The molecular weight excluding hydrogens is 308 g/mol. The molecule has 0 spiro atoms. The van der Waals surface area contributed by atoms with E-state index in [2.05, 4.69) is 5.32 Å². The molecule has 1 aliphatic heterocycles. The number of rotatable bonds is 7. The van der Waals surface area contributed by atoms with Crippen molar-refractivity contribution in [1.29, 1.82) is 0 Å². The van der Waals surface area contributed by atoms with Gasteiger partial charge in [-0.05, 0) is 32.4 Å². The molecule has 0 aliphatic carbocycles. The van der Waals surface area contributed by atoms with Gasteiger partial charge in [0.1, 0.15) is 5.78 Å². The van der Waals surface area contributed by atoms with Crippen molar-refractivity contribution in [3.63, 3.8) is 0 Å². The van der Waals surface area contributed by atoms with Gasteiger partial charge in [-0.25, -0.2) is 0 Å². The van der Waals surface area contributed by atoms with Gasteiger partial charge in [0.15, 0.2) is 5.78 Å². The maximum atomic E-state index is 12.7. The van der Waals surface area contributed by atoms with Crippen molar-refractivity contribution >= 4 is 29.1 Å². The number of carbonyl (C=O) groups is 4. The molecule has 1 unspecified atom stereocenters. The molecule has 0 aromatic heterocycles. The third-order valence-electron chi connectivity index (χ3n) is 4.21. The summed E-state index contributed by atoms with van der Waals surface area (Å²) in [6, 6.07) is 4.54. The van der Waals surface area contributed by atoms with Gasteiger partial charge in [-0.3, -0.25) is 14.4 Å². The molecule has 0 radical (unpaired) electrons. The minimum Gasteiger partial charge on any atom is -0.326 e. The van der Waals surface area contributed by atoms with Gasteiger partial charge in [-0.2, -0.15) is 0 Å². The summed E-state index contributed by atoms with van der Waals surface area (Å²) in [5, 5.41) is 2.79. The Morgan fingerprint density at radius 1 is 1.25 bits per heavy atom. The third kappa shape index (κ3) is 3.69. The molecule has 0 saturated heterocycles. The van der Waals surface area contributed by atoms with Gasteiger partial charge in [0.25, 0.3) is 5.91 Å². The van der Waals surface area contributed by atoms with Crippen LogP contribution in [0.1, 0.15) is 56.0 Å². The van der Waals surface area contributed by atoms with Crippen LogP contribution in [0.15, 0.2) is 18.2 Å². The zero-order chi connectivity index (χ0) is 17.9. The van der Waals surface area contributed by atoms with Crippen molar-refractivity contribution in [3.8, 4) is 0 Å². The third-order valence-corrected chi connectivity index (χ3v) is 4.21. The molecule has 2 rings (SSSR count). The first-order valence-corrected chi connectivity index (χ1v) is 8.07. The zero-order valence-electron chi connectivity index (χ0n) is 14.2. The van der Waals surface area contributed by atoms with Crippen LogP contribution in [-0.4, -0.2) is 34.3 Å². The normalized spacial score (nSPS) is 14.3. The summed E-state index contributed by atoms with van der Waals surface area (Å²) in [7, 11) is 0. The van der Waals surface area contributed by atoms with Gasteiger partial charge < -0.3 is 15.0 Å². The Labute approximate surface area is 141 Å². The van der Waals surface area contributed by atoms with Gasteiger partial charge in [0, 0.05) is 36.2 Å². The second-order valence-corrected chi connectivity index (χ2v) is 6.03. The summed E-state index contributed by atoms with van der Waals surface area (Å²) < 4.78 is 0. The highest BCUT2D eigenvalue weighted by Crippen LogP contribution is 2.31. The molecule has 0 saturated carbocycles. The zero-order valence-corrected chi connectivity index (χ0v) is 14.2. The minimum atomic E-state index is -0.622. The molecule has 0 bridgehead atoms. The summed E-state index contributed by atoms with van der Waals surface area (Å²) in [6.07, 6.45) is 0.918. The average Bonchev–Trinajstić information content (AvgIpc) is 2.85. The molecule has 1 aliphatic rings. The molecular formula is C18H22N2O4. The number of ketones is 2. The Kier molecular flexibility index (Phi) is 5.49. The molecule has 1 N–H and O–H groups in total. The fourth-order valence-corrected chi connectivity index (χ4v) is 2.88. The van der Waals surface area contributed by atoms with Gasteiger partial charge in [-0.1, -0.05) is 13.0 Å². The maximum Gasteiger partial charge on any atom is 0.255 e. The lowest BCUT2D eigenvalue weighted by Gasteiger charge is -2.25. The van der Waals surface area contributed by atoms with Gasteiger partial charge >= 0.3 is 0 Å². The van der Waals surface area contributed by atoms with E-state index in [0.717, 1.165) is 5.56 Å². The SMILES string of the molecule is CCC(=O)Nc1cccc2c1CN(C(CCC(C)=O)C(C)=O)C2=O. The van der Waals surface area contributed by atoms with Crippen LogP contribution in [0.3, 0.4) is 0 Å². The first-order valence-electron chi connectivity index (χ1n) is 8.07. The number of amides is 2. The summed E-state index contributed by atoms with van der Waals surface area (Å²) in [5.74, 6) is -0.520. The fourth-order valence-electron chi connectivity index (χ4n) is 2.88. The summed E-state index contributed by atoms with van der Waals surface area (Å²) >= 11 is 0. The van der Waals surface area contributed by atoms with Gasteiger partial charge in [-0.15, -0.1) is 0 Å². The molecule has 1 heterocycles. The number of anilines is 1. The largest absolute Gasteiger partial charge is 0.326 e. The quantitative estimate of drug-likeness (QED) is 0.831. The lowest BCUT2D eigenvalue weighted by molar-refractivity contribution is -0.122. The molecule has 128 valence electrons. The van der Waals surface area contributed by atoms with Crippen LogP contribution < -0.4 is 5.32 Å². The topological polar surface area (TPSA) is 83.6 Å². The lowest BCUT2D eigenvalue weighted by Crippen LogP contribution is -2.40. The van der Waals surface area contributed by atoms with E-state index in [0.29, 0.717) is 24.1 Å². The summed E-state index contributed by atoms with van der Waals surface area (Å²) in [5.41, 5.74) is 1.82. The van der Waals surface area contributed by atoms with E-state index in [9.17, 15) is 19.2 Å². The average molecular weight is 330 g/mol. The predicted molar refractivity (Wildman–Crippen MR) is 89.6 cm³/mol. The van der Waals surface area contributed by atoms with Crippen LogP contribution in [0.4, 0.5) is 5.69 Å². The number of nitrogens with zero attached hydrogens (tertiary/aromatic N) is 1. The Bertz CT molecular complexity index is 696. The molecule has 2 amide bonds. The van der Waals surface area contributed by atoms with E-state index >= 15 is 0 Å².